The zero-order valence-corrected chi connectivity index (χ0v) is 13.2. The number of aryl methyl sites for hydroxylation is 1. The quantitative estimate of drug-likeness (QED) is 0.885. The van der Waals surface area contributed by atoms with Gasteiger partial charge in [-0.3, -0.25) is 4.90 Å². The minimum Gasteiger partial charge on any atom is -0.373 e. The summed E-state index contributed by atoms with van der Waals surface area (Å²) in [5, 5.41) is 3.09. The Hall–Kier alpha value is -1.20. The van der Waals surface area contributed by atoms with Gasteiger partial charge in [-0.15, -0.1) is 0 Å². The molecule has 5 nitrogen and oxygen atoms in total. The zero-order valence-electron chi connectivity index (χ0n) is 13.2. The second-order valence-corrected chi connectivity index (χ2v) is 6.00. The summed E-state index contributed by atoms with van der Waals surface area (Å²) in [6.45, 7) is 6.43. The number of anilines is 1. The number of hydrogen-bond acceptors (Lipinski definition) is 5. The van der Waals surface area contributed by atoms with E-state index in [0.717, 1.165) is 36.3 Å². The van der Waals surface area contributed by atoms with Crippen molar-refractivity contribution < 1.29 is 0 Å². The fourth-order valence-electron chi connectivity index (χ4n) is 2.82. The third-order valence-electron chi connectivity index (χ3n) is 3.98. The number of rotatable bonds is 5. The van der Waals surface area contributed by atoms with Crippen molar-refractivity contribution in [2.45, 2.75) is 26.3 Å². The Kier molecular flexibility index (Phi) is 5.31. The van der Waals surface area contributed by atoms with E-state index >= 15 is 0 Å². The molecule has 1 aromatic heterocycles. The number of nitrogens with zero attached hydrogens (tertiary/aromatic N) is 4. The molecule has 0 spiro atoms. The van der Waals surface area contributed by atoms with Crippen LogP contribution in [-0.2, 0) is 6.54 Å². The van der Waals surface area contributed by atoms with Crippen LogP contribution in [0.5, 0.6) is 0 Å². The van der Waals surface area contributed by atoms with Crippen LogP contribution in [0.15, 0.2) is 6.07 Å². The maximum Gasteiger partial charge on any atom is 0.144 e. The van der Waals surface area contributed by atoms with Crippen LogP contribution in [0.3, 0.4) is 0 Å². The van der Waals surface area contributed by atoms with E-state index in [1.807, 2.05) is 20.0 Å². The van der Waals surface area contributed by atoms with Gasteiger partial charge < -0.3 is 10.2 Å². The summed E-state index contributed by atoms with van der Waals surface area (Å²) in [6.07, 6.45) is 2.61. The van der Waals surface area contributed by atoms with Crippen LogP contribution < -0.4 is 5.32 Å². The van der Waals surface area contributed by atoms with Gasteiger partial charge in [0.05, 0.1) is 6.54 Å². The second-order valence-electron chi connectivity index (χ2n) is 6.00. The first kappa shape index (κ1) is 15.2. The number of aromatic nitrogens is 2. The fourth-order valence-corrected chi connectivity index (χ4v) is 2.82. The maximum atomic E-state index is 4.53. The van der Waals surface area contributed by atoms with Crippen molar-refractivity contribution in [2.75, 3.05) is 46.1 Å². The highest BCUT2D eigenvalue weighted by atomic mass is 15.1. The normalized spacial score (nSPS) is 17.6. The van der Waals surface area contributed by atoms with Crippen LogP contribution in [-0.4, -0.2) is 60.5 Å². The van der Waals surface area contributed by atoms with E-state index < -0.39 is 0 Å². The lowest BCUT2D eigenvalue weighted by molar-refractivity contribution is 0.172. The SMILES string of the molecule is CNc1cc(C)nc(CN(C)CC2CCN(C)CC2)n1. The molecular weight excluding hydrogens is 250 g/mol. The third kappa shape index (κ3) is 4.42. The highest BCUT2D eigenvalue weighted by Gasteiger charge is 2.18. The van der Waals surface area contributed by atoms with Crippen LogP contribution in [0.4, 0.5) is 5.82 Å². The molecule has 2 rings (SSSR count). The molecule has 2 heterocycles. The van der Waals surface area contributed by atoms with Crippen LogP contribution in [0.25, 0.3) is 0 Å². The molecule has 0 saturated carbocycles. The minimum atomic E-state index is 0.810. The van der Waals surface area contributed by atoms with Crippen molar-refractivity contribution in [1.29, 1.82) is 0 Å². The lowest BCUT2D eigenvalue weighted by atomic mass is 9.97. The highest BCUT2D eigenvalue weighted by Crippen LogP contribution is 2.17. The standard InChI is InChI=1S/C15H27N5/c1-12-9-14(16-2)18-15(17-12)11-20(4)10-13-5-7-19(3)8-6-13/h9,13H,5-8,10-11H2,1-4H3,(H,16,17,18). The highest BCUT2D eigenvalue weighted by molar-refractivity contribution is 5.34. The van der Waals surface area contributed by atoms with Gasteiger partial charge in [-0.1, -0.05) is 0 Å². The Labute approximate surface area is 122 Å². The monoisotopic (exact) mass is 277 g/mol. The van der Waals surface area contributed by atoms with Crippen molar-refractivity contribution >= 4 is 5.82 Å². The molecule has 0 amide bonds. The minimum absolute atomic E-state index is 0.810. The molecule has 1 saturated heterocycles. The first-order valence-corrected chi connectivity index (χ1v) is 7.46. The van der Waals surface area contributed by atoms with Crippen LogP contribution in [0, 0.1) is 12.8 Å². The van der Waals surface area contributed by atoms with Crippen LogP contribution >= 0.6 is 0 Å². The first-order chi connectivity index (χ1) is 9.56. The van der Waals surface area contributed by atoms with E-state index in [1.54, 1.807) is 0 Å². The van der Waals surface area contributed by atoms with Gasteiger partial charge in [0.1, 0.15) is 11.6 Å². The molecule has 1 N–H and O–H groups in total. The van der Waals surface area contributed by atoms with E-state index in [-0.39, 0.29) is 0 Å². The lowest BCUT2D eigenvalue weighted by Crippen LogP contribution is -2.35. The van der Waals surface area contributed by atoms with Gasteiger partial charge >= 0.3 is 0 Å². The van der Waals surface area contributed by atoms with E-state index in [4.69, 9.17) is 0 Å². The van der Waals surface area contributed by atoms with Crippen molar-refractivity contribution in [1.82, 2.24) is 19.8 Å². The summed E-state index contributed by atoms with van der Waals surface area (Å²) in [6, 6.07) is 1.97. The van der Waals surface area contributed by atoms with Gasteiger partial charge in [0.15, 0.2) is 0 Å². The van der Waals surface area contributed by atoms with E-state index in [1.165, 1.54) is 25.9 Å². The Balaban J connectivity index is 1.87. The first-order valence-electron chi connectivity index (χ1n) is 7.46. The molecule has 1 aromatic rings. The Morgan fingerprint density at radius 2 is 2.05 bits per heavy atom. The molecule has 1 aliphatic rings. The van der Waals surface area contributed by atoms with E-state index in [2.05, 4.69) is 39.2 Å². The third-order valence-corrected chi connectivity index (χ3v) is 3.98. The summed E-state index contributed by atoms with van der Waals surface area (Å²) in [5.74, 6) is 2.62. The van der Waals surface area contributed by atoms with Crippen molar-refractivity contribution in [2.24, 2.45) is 5.92 Å². The molecule has 0 aliphatic carbocycles. The molecule has 0 radical (unpaired) electrons. The smallest absolute Gasteiger partial charge is 0.144 e. The number of piperidine rings is 1. The van der Waals surface area contributed by atoms with Gasteiger partial charge in [0.25, 0.3) is 0 Å². The molecule has 0 aromatic carbocycles. The number of hydrogen-bond donors (Lipinski definition) is 1. The molecule has 0 bridgehead atoms. The lowest BCUT2D eigenvalue weighted by Gasteiger charge is -2.31. The molecule has 1 aliphatic heterocycles. The summed E-state index contributed by atoms with van der Waals surface area (Å²) < 4.78 is 0. The predicted molar refractivity (Wildman–Crippen MR) is 82.9 cm³/mol. The van der Waals surface area contributed by atoms with Crippen molar-refractivity contribution in [3.63, 3.8) is 0 Å². The molecular formula is C15H27N5. The second kappa shape index (κ2) is 6.99. The summed E-state index contributed by atoms with van der Waals surface area (Å²) in [7, 11) is 6.27. The molecule has 20 heavy (non-hydrogen) atoms. The Morgan fingerprint density at radius 1 is 1.35 bits per heavy atom. The molecule has 0 unspecified atom stereocenters. The van der Waals surface area contributed by atoms with E-state index in [9.17, 15) is 0 Å². The van der Waals surface area contributed by atoms with Crippen LogP contribution in [0.2, 0.25) is 0 Å². The van der Waals surface area contributed by atoms with E-state index in [0.29, 0.717) is 0 Å². The zero-order chi connectivity index (χ0) is 14.5. The molecule has 1 fully saturated rings. The average Bonchev–Trinajstić information content (AvgIpc) is 2.40. The Bertz CT molecular complexity index is 426. The Morgan fingerprint density at radius 3 is 2.70 bits per heavy atom. The van der Waals surface area contributed by atoms with Crippen molar-refractivity contribution in [3.05, 3.63) is 17.6 Å². The number of nitrogens with one attached hydrogen (secondary N) is 1. The van der Waals surface area contributed by atoms with Gasteiger partial charge in [0, 0.05) is 25.4 Å². The molecule has 0 atom stereocenters. The predicted octanol–water partition coefficient (Wildman–Crippen LogP) is 1.60. The molecule has 5 heteroatoms. The largest absolute Gasteiger partial charge is 0.373 e. The molecule has 112 valence electrons. The fraction of sp³-hybridized carbons (Fsp3) is 0.733. The van der Waals surface area contributed by atoms with Crippen LogP contribution in [0.1, 0.15) is 24.4 Å². The van der Waals surface area contributed by atoms with Crippen molar-refractivity contribution in [3.8, 4) is 0 Å². The summed E-state index contributed by atoms with van der Waals surface area (Å²) in [5.41, 5.74) is 1.02. The van der Waals surface area contributed by atoms with Gasteiger partial charge in [-0.2, -0.15) is 0 Å². The summed E-state index contributed by atoms with van der Waals surface area (Å²) in [4.78, 5) is 13.8. The van der Waals surface area contributed by atoms with Gasteiger partial charge in [-0.05, 0) is 52.9 Å². The van der Waals surface area contributed by atoms with Gasteiger partial charge in [-0.25, -0.2) is 9.97 Å². The maximum absolute atomic E-state index is 4.53. The number of likely N-dealkylation sites (tertiary alicyclic amines) is 1. The topological polar surface area (TPSA) is 44.3 Å². The summed E-state index contributed by atoms with van der Waals surface area (Å²) >= 11 is 0. The average molecular weight is 277 g/mol. The van der Waals surface area contributed by atoms with Gasteiger partial charge in [0.2, 0.25) is 0 Å².